The molecule has 0 fully saturated rings. The summed E-state index contributed by atoms with van der Waals surface area (Å²) in [7, 11) is -3.66. The second-order valence-electron chi connectivity index (χ2n) is 4.73. The number of nitrogens with zero attached hydrogens (tertiary/aromatic N) is 1. The maximum Gasteiger partial charge on any atom is 0.238 e. The third kappa shape index (κ3) is 4.29. The average molecular weight is 305 g/mol. The highest BCUT2D eigenvalue weighted by Crippen LogP contribution is 2.19. The minimum Gasteiger partial charge on any atom is -0.366 e. The predicted molar refractivity (Wildman–Crippen MR) is 84.4 cm³/mol. The monoisotopic (exact) mass is 305 g/mol. The fraction of sp³-hybridized carbons (Fsp3) is 0.200. The topological polar surface area (TPSA) is 89.4 Å². The molecule has 0 aliphatic carbocycles. The number of benzene rings is 2. The maximum absolute atomic E-state index is 11.3. The second kappa shape index (κ2) is 6.71. The lowest BCUT2D eigenvalue weighted by molar-refractivity contribution is 0.598. The number of sulfonamides is 1. The molecule has 0 aromatic heterocycles. The molecule has 0 unspecified atom stereocenters. The molecule has 0 atom stereocenters. The molecule has 2 aromatic carbocycles. The number of anilines is 1. The van der Waals surface area contributed by atoms with Crippen LogP contribution in [0.3, 0.4) is 0 Å². The van der Waals surface area contributed by atoms with Gasteiger partial charge in [-0.1, -0.05) is 30.3 Å². The van der Waals surface area contributed by atoms with Crippen molar-refractivity contribution in [2.45, 2.75) is 11.4 Å². The predicted octanol–water partition coefficient (Wildman–Crippen LogP) is 1.30. The normalized spacial score (nSPS) is 11.3. The minimum atomic E-state index is -3.66. The van der Waals surface area contributed by atoms with Crippen LogP contribution in [0.15, 0.2) is 59.5 Å². The van der Waals surface area contributed by atoms with Crippen molar-refractivity contribution in [1.82, 2.24) is 0 Å². The first-order valence-electron chi connectivity index (χ1n) is 6.62. The van der Waals surface area contributed by atoms with Gasteiger partial charge in [0.1, 0.15) is 0 Å². The van der Waals surface area contributed by atoms with Gasteiger partial charge in [-0.3, -0.25) is 0 Å². The molecule has 0 saturated heterocycles. The minimum absolute atomic E-state index is 0.110. The van der Waals surface area contributed by atoms with E-state index in [0.717, 1.165) is 5.69 Å². The van der Waals surface area contributed by atoms with Gasteiger partial charge in [0, 0.05) is 25.3 Å². The zero-order valence-corrected chi connectivity index (χ0v) is 12.5. The molecule has 0 aliphatic heterocycles. The molecular formula is C15H19N3O2S. The lowest BCUT2D eigenvalue weighted by Gasteiger charge is -2.24. The van der Waals surface area contributed by atoms with E-state index in [1.165, 1.54) is 17.7 Å². The van der Waals surface area contributed by atoms with Crippen molar-refractivity contribution in [3.63, 3.8) is 0 Å². The van der Waals surface area contributed by atoms with Crippen molar-refractivity contribution in [3.8, 4) is 0 Å². The lowest BCUT2D eigenvalue weighted by atomic mass is 10.2. The Kier molecular flexibility index (Phi) is 4.95. The quantitative estimate of drug-likeness (QED) is 0.842. The van der Waals surface area contributed by atoms with Gasteiger partial charge in [-0.25, -0.2) is 13.6 Å². The lowest BCUT2D eigenvalue weighted by Crippen LogP contribution is -2.29. The summed E-state index contributed by atoms with van der Waals surface area (Å²) in [5.41, 5.74) is 7.74. The van der Waals surface area contributed by atoms with E-state index in [0.29, 0.717) is 19.6 Å². The van der Waals surface area contributed by atoms with Gasteiger partial charge in [0.15, 0.2) is 0 Å². The highest BCUT2D eigenvalue weighted by atomic mass is 32.2. The van der Waals surface area contributed by atoms with E-state index in [9.17, 15) is 8.42 Å². The van der Waals surface area contributed by atoms with E-state index in [-0.39, 0.29) is 4.90 Å². The summed E-state index contributed by atoms with van der Waals surface area (Å²) in [4.78, 5) is 2.21. The van der Waals surface area contributed by atoms with Gasteiger partial charge < -0.3 is 10.6 Å². The maximum atomic E-state index is 11.3. The van der Waals surface area contributed by atoms with Crippen molar-refractivity contribution in [3.05, 3.63) is 60.2 Å². The van der Waals surface area contributed by atoms with E-state index in [2.05, 4.69) is 4.90 Å². The summed E-state index contributed by atoms with van der Waals surface area (Å²) >= 11 is 0. The molecular weight excluding hydrogens is 286 g/mol. The van der Waals surface area contributed by atoms with Crippen molar-refractivity contribution < 1.29 is 8.42 Å². The number of rotatable bonds is 6. The zero-order chi connectivity index (χ0) is 15.3. The van der Waals surface area contributed by atoms with Gasteiger partial charge >= 0.3 is 0 Å². The summed E-state index contributed by atoms with van der Waals surface area (Å²) in [5.74, 6) is 0. The van der Waals surface area contributed by atoms with Crippen molar-refractivity contribution in [2.75, 3.05) is 18.0 Å². The van der Waals surface area contributed by atoms with Crippen molar-refractivity contribution >= 4 is 15.7 Å². The largest absolute Gasteiger partial charge is 0.366 e. The first kappa shape index (κ1) is 15.5. The van der Waals surface area contributed by atoms with Gasteiger partial charge in [-0.05, 0) is 29.8 Å². The first-order valence-corrected chi connectivity index (χ1v) is 8.17. The fourth-order valence-electron chi connectivity index (χ4n) is 2.11. The molecule has 4 N–H and O–H groups in total. The van der Waals surface area contributed by atoms with Crippen LogP contribution in [0.25, 0.3) is 0 Å². The summed E-state index contributed by atoms with van der Waals surface area (Å²) < 4.78 is 22.5. The number of hydrogen-bond donors (Lipinski definition) is 2. The van der Waals surface area contributed by atoms with Crippen LogP contribution in [0.5, 0.6) is 0 Å². The number of primary sulfonamides is 1. The van der Waals surface area contributed by atoms with Crippen LogP contribution in [-0.2, 0) is 16.6 Å². The van der Waals surface area contributed by atoms with Gasteiger partial charge in [-0.2, -0.15) is 0 Å². The van der Waals surface area contributed by atoms with Gasteiger partial charge in [-0.15, -0.1) is 0 Å². The van der Waals surface area contributed by atoms with Gasteiger partial charge in [0.2, 0.25) is 10.0 Å². The van der Waals surface area contributed by atoms with E-state index >= 15 is 0 Å². The molecule has 0 bridgehead atoms. The van der Waals surface area contributed by atoms with E-state index in [1.807, 2.05) is 30.3 Å². The van der Waals surface area contributed by atoms with Crippen LogP contribution in [0.2, 0.25) is 0 Å². The van der Waals surface area contributed by atoms with Crippen LogP contribution in [0.4, 0.5) is 5.69 Å². The van der Waals surface area contributed by atoms with E-state index in [4.69, 9.17) is 10.9 Å². The van der Waals surface area contributed by atoms with Crippen LogP contribution >= 0.6 is 0 Å². The molecule has 112 valence electrons. The van der Waals surface area contributed by atoms with Crippen molar-refractivity contribution in [1.29, 1.82) is 0 Å². The fourth-order valence-corrected chi connectivity index (χ4v) is 2.62. The Hall–Kier alpha value is -1.89. The van der Waals surface area contributed by atoms with Crippen LogP contribution in [-0.4, -0.2) is 21.5 Å². The molecule has 0 radical (unpaired) electrons. The Balaban J connectivity index is 2.22. The molecule has 5 nitrogen and oxygen atoms in total. The Morgan fingerprint density at radius 3 is 2.10 bits per heavy atom. The van der Waals surface area contributed by atoms with E-state index in [1.54, 1.807) is 12.1 Å². The summed E-state index contributed by atoms with van der Waals surface area (Å²) in [5, 5.41) is 5.10. The SMILES string of the molecule is NCCN(Cc1ccccc1)c1ccc(S(N)(=O)=O)cc1. The summed E-state index contributed by atoms with van der Waals surface area (Å²) in [6.07, 6.45) is 0. The zero-order valence-electron chi connectivity index (χ0n) is 11.6. The Bertz CT molecular complexity index is 670. The van der Waals surface area contributed by atoms with Crippen molar-refractivity contribution in [2.24, 2.45) is 10.9 Å². The Morgan fingerprint density at radius 1 is 0.952 bits per heavy atom. The number of nitrogens with two attached hydrogens (primary N) is 2. The third-order valence-electron chi connectivity index (χ3n) is 3.15. The smallest absolute Gasteiger partial charge is 0.238 e. The molecule has 6 heteroatoms. The summed E-state index contributed by atoms with van der Waals surface area (Å²) in [6.45, 7) is 1.92. The molecule has 0 heterocycles. The Morgan fingerprint density at radius 2 is 1.57 bits per heavy atom. The van der Waals surface area contributed by atoms with Crippen LogP contribution in [0.1, 0.15) is 5.56 Å². The molecule has 2 aromatic rings. The summed E-state index contributed by atoms with van der Waals surface area (Å²) in [6, 6.07) is 16.6. The highest BCUT2D eigenvalue weighted by Gasteiger charge is 2.10. The van der Waals surface area contributed by atoms with Gasteiger partial charge in [0.05, 0.1) is 4.90 Å². The van der Waals surface area contributed by atoms with Crippen LogP contribution in [0, 0.1) is 0 Å². The number of hydrogen-bond acceptors (Lipinski definition) is 4. The molecule has 0 amide bonds. The molecule has 2 rings (SSSR count). The molecule has 21 heavy (non-hydrogen) atoms. The van der Waals surface area contributed by atoms with Crippen LogP contribution < -0.4 is 15.8 Å². The molecule has 0 spiro atoms. The average Bonchev–Trinajstić information content (AvgIpc) is 2.47. The Labute approximate surface area is 125 Å². The molecule has 0 saturated carbocycles. The van der Waals surface area contributed by atoms with E-state index < -0.39 is 10.0 Å². The standard InChI is InChI=1S/C15H19N3O2S/c16-10-11-18(12-13-4-2-1-3-5-13)14-6-8-15(9-7-14)21(17,19)20/h1-9H,10-12,16H2,(H2,17,19,20). The van der Waals surface area contributed by atoms with Gasteiger partial charge in [0.25, 0.3) is 0 Å². The third-order valence-corrected chi connectivity index (χ3v) is 4.07. The molecule has 0 aliphatic rings. The first-order chi connectivity index (χ1) is 10.0. The second-order valence-corrected chi connectivity index (χ2v) is 6.30. The highest BCUT2D eigenvalue weighted by molar-refractivity contribution is 7.89.